The first-order valence-electron chi connectivity index (χ1n) is 4.69. The summed E-state index contributed by atoms with van der Waals surface area (Å²) in [5.41, 5.74) is -5.53. The summed E-state index contributed by atoms with van der Waals surface area (Å²) in [6.45, 7) is 4.61. The first kappa shape index (κ1) is 18.5. The second kappa shape index (κ2) is 7.49. The van der Waals surface area contributed by atoms with E-state index >= 15 is 0 Å². The van der Waals surface area contributed by atoms with Gasteiger partial charge in [-0.3, -0.25) is 9.35 Å². The first-order chi connectivity index (χ1) is 7.43. The molecular weight excluding hydrogens is 263 g/mol. The number of rotatable bonds is 3. The van der Waals surface area contributed by atoms with Crippen molar-refractivity contribution >= 4 is 16.0 Å². The van der Waals surface area contributed by atoms with Gasteiger partial charge in [0, 0.05) is 20.5 Å². The molecule has 0 radical (unpaired) electrons. The van der Waals surface area contributed by atoms with Gasteiger partial charge in [0.15, 0.2) is 0 Å². The van der Waals surface area contributed by atoms with E-state index in [1.54, 1.807) is 11.8 Å². The van der Waals surface area contributed by atoms with Gasteiger partial charge in [0.05, 0.1) is 0 Å². The Hall–Kier alpha value is -0.830. The Labute approximate surface area is 98.3 Å². The van der Waals surface area contributed by atoms with E-state index in [1.807, 2.05) is 7.05 Å². The maximum Gasteiger partial charge on any atom is 0.522 e. The number of alkyl halides is 3. The Morgan fingerprint density at radius 3 is 1.88 bits per heavy atom. The van der Waals surface area contributed by atoms with Crippen LogP contribution in [0.25, 0.3) is 0 Å². The first-order valence-corrected chi connectivity index (χ1v) is 6.13. The number of nitrogens with zero attached hydrogens (tertiary/aromatic N) is 1. The molecule has 5 nitrogen and oxygen atoms in total. The monoisotopic (exact) mass is 279 g/mol. The number of halogens is 3. The van der Waals surface area contributed by atoms with Crippen molar-refractivity contribution in [3.05, 3.63) is 0 Å². The SMILES string of the molecule is CCCCN(C)C(C)=O.O=S(=O)(O)C(F)(F)F. The molecule has 0 fully saturated rings. The van der Waals surface area contributed by atoms with E-state index in [-0.39, 0.29) is 5.91 Å². The molecular formula is C8H16F3NO4S. The Balaban J connectivity index is 0. The molecule has 0 aliphatic carbocycles. The zero-order valence-corrected chi connectivity index (χ0v) is 10.6. The summed E-state index contributed by atoms with van der Waals surface area (Å²) in [5.74, 6) is 0.156. The molecule has 17 heavy (non-hydrogen) atoms. The van der Waals surface area contributed by atoms with Crippen LogP contribution in [0.15, 0.2) is 0 Å². The molecule has 0 aromatic carbocycles. The molecule has 0 bridgehead atoms. The van der Waals surface area contributed by atoms with Crippen LogP contribution in [0.4, 0.5) is 13.2 Å². The van der Waals surface area contributed by atoms with Gasteiger partial charge in [-0.1, -0.05) is 13.3 Å². The van der Waals surface area contributed by atoms with Crippen LogP contribution < -0.4 is 0 Å². The molecule has 0 aliphatic rings. The molecule has 0 aliphatic heterocycles. The molecule has 104 valence electrons. The zero-order valence-electron chi connectivity index (χ0n) is 9.78. The molecule has 0 saturated heterocycles. The molecule has 1 N–H and O–H groups in total. The zero-order chi connectivity index (χ0) is 14.3. The lowest BCUT2D eigenvalue weighted by atomic mass is 10.3. The van der Waals surface area contributed by atoms with E-state index in [0.717, 1.165) is 19.4 Å². The van der Waals surface area contributed by atoms with Crippen molar-refractivity contribution in [2.75, 3.05) is 13.6 Å². The molecule has 0 heterocycles. The number of carbonyl (C=O) groups is 1. The lowest BCUT2D eigenvalue weighted by molar-refractivity contribution is -0.127. The van der Waals surface area contributed by atoms with E-state index in [0.29, 0.717) is 0 Å². The lowest BCUT2D eigenvalue weighted by Crippen LogP contribution is -2.24. The average Bonchev–Trinajstić information content (AvgIpc) is 2.11. The normalized spacial score (nSPS) is 11.5. The van der Waals surface area contributed by atoms with Gasteiger partial charge in [-0.25, -0.2) is 0 Å². The summed E-state index contributed by atoms with van der Waals surface area (Å²) < 4.78 is 57.5. The van der Waals surface area contributed by atoms with Gasteiger partial charge >= 0.3 is 15.6 Å². The highest BCUT2D eigenvalue weighted by Crippen LogP contribution is 2.20. The molecule has 9 heteroatoms. The van der Waals surface area contributed by atoms with Crippen molar-refractivity contribution in [2.24, 2.45) is 0 Å². The number of amides is 1. The average molecular weight is 279 g/mol. The van der Waals surface area contributed by atoms with Crippen LogP contribution in [0.5, 0.6) is 0 Å². The maximum atomic E-state index is 10.7. The number of hydrogen-bond donors (Lipinski definition) is 1. The minimum atomic E-state index is -5.84. The Morgan fingerprint density at radius 1 is 1.35 bits per heavy atom. The standard InChI is InChI=1S/C7H15NO.CHF3O3S/c1-4-5-6-8(3)7(2)9;2-1(3,4)8(5,6)7/h4-6H2,1-3H3;(H,5,6,7). The van der Waals surface area contributed by atoms with Gasteiger partial charge in [0.1, 0.15) is 0 Å². The van der Waals surface area contributed by atoms with Crippen molar-refractivity contribution in [3.63, 3.8) is 0 Å². The van der Waals surface area contributed by atoms with Crippen LogP contribution in [0, 0.1) is 0 Å². The van der Waals surface area contributed by atoms with Gasteiger partial charge in [-0.2, -0.15) is 21.6 Å². The smallest absolute Gasteiger partial charge is 0.346 e. The summed E-state index contributed by atoms with van der Waals surface area (Å²) in [7, 11) is -4.01. The predicted molar refractivity (Wildman–Crippen MR) is 55.8 cm³/mol. The lowest BCUT2D eigenvalue weighted by Gasteiger charge is -2.12. The van der Waals surface area contributed by atoms with Gasteiger partial charge in [0.25, 0.3) is 0 Å². The van der Waals surface area contributed by atoms with E-state index in [2.05, 4.69) is 6.92 Å². The molecule has 0 aromatic heterocycles. The third-order valence-corrected chi connectivity index (χ3v) is 2.26. The van der Waals surface area contributed by atoms with Crippen molar-refractivity contribution < 1.29 is 30.9 Å². The van der Waals surface area contributed by atoms with E-state index in [9.17, 15) is 18.0 Å². The Morgan fingerprint density at radius 2 is 1.71 bits per heavy atom. The fraction of sp³-hybridized carbons (Fsp3) is 0.875. The number of carbonyl (C=O) groups excluding carboxylic acids is 1. The third-order valence-electron chi connectivity index (χ3n) is 1.68. The highest BCUT2D eigenvalue weighted by molar-refractivity contribution is 7.86. The van der Waals surface area contributed by atoms with Crippen molar-refractivity contribution in [1.82, 2.24) is 4.90 Å². The van der Waals surface area contributed by atoms with Crippen molar-refractivity contribution in [1.29, 1.82) is 0 Å². The molecule has 1 amide bonds. The molecule has 0 rings (SSSR count). The molecule has 0 aromatic rings. The quantitative estimate of drug-likeness (QED) is 0.629. The Kier molecular flexibility index (Phi) is 8.16. The van der Waals surface area contributed by atoms with Crippen LogP contribution in [0.3, 0.4) is 0 Å². The van der Waals surface area contributed by atoms with Gasteiger partial charge in [-0.15, -0.1) is 0 Å². The van der Waals surface area contributed by atoms with E-state index < -0.39 is 15.6 Å². The van der Waals surface area contributed by atoms with Crippen molar-refractivity contribution in [2.45, 2.75) is 32.2 Å². The number of unbranched alkanes of at least 4 members (excludes halogenated alkanes) is 1. The summed E-state index contributed by atoms with van der Waals surface area (Å²) in [4.78, 5) is 12.3. The fourth-order valence-corrected chi connectivity index (χ4v) is 0.553. The second-order valence-corrected chi connectivity index (χ2v) is 4.63. The summed E-state index contributed by atoms with van der Waals surface area (Å²) >= 11 is 0. The highest BCUT2D eigenvalue weighted by atomic mass is 32.2. The minimum Gasteiger partial charge on any atom is -0.346 e. The third kappa shape index (κ3) is 10.1. The largest absolute Gasteiger partial charge is 0.522 e. The summed E-state index contributed by atoms with van der Waals surface area (Å²) in [6, 6.07) is 0. The summed E-state index contributed by atoms with van der Waals surface area (Å²) in [5, 5.41) is 0. The Bertz CT molecular complexity index is 326. The topological polar surface area (TPSA) is 74.7 Å². The van der Waals surface area contributed by atoms with Crippen LogP contribution in [-0.4, -0.2) is 42.9 Å². The molecule has 0 unspecified atom stereocenters. The predicted octanol–water partition coefficient (Wildman–Crippen LogP) is 1.66. The highest BCUT2D eigenvalue weighted by Gasteiger charge is 2.44. The number of hydrogen-bond acceptors (Lipinski definition) is 3. The van der Waals surface area contributed by atoms with Gasteiger partial charge in [0.2, 0.25) is 5.91 Å². The van der Waals surface area contributed by atoms with Crippen LogP contribution >= 0.6 is 0 Å². The molecule has 0 atom stereocenters. The van der Waals surface area contributed by atoms with Crippen molar-refractivity contribution in [3.8, 4) is 0 Å². The fourth-order valence-electron chi connectivity index (χ4n) is 0.553. The molecule has 0 spiro atoms. The van der Waals surface area contributed by atoms with Gasteiger partial charge < -0.3 is 4.90 Å². The second-order valence-electron chi connectivity index (χ2n) is 3.21. The van der Waals surface area contributed by atoms with Crippen LogP contribution in [-0.2, 0) is 14.9 Å². The van der Waals surface area contributed by atoms with E-state index in [1.165, 1.54) is 0 Å². The minimum absolute atomic E-state index is 0.156. The van der Waals surface area contributed by atoms with E-state index in [4.69, 9.17) is 13.0 Å². The molecule has 0 saturated carbocycles. The maximum absolute atomic E-state index is 10.7. The summed E-state index contributed by atoms with van der Waals surface area (Å²) in [6.07, 6.45) is 2.26. The van der Waals surface area contributed by atoms with Crippen LogP contribution in [0.2, 0.25) is 0 Å². The van der Waals surface area contributed by atoms with Gasteiger partial charge in [-0.05, 0) is 6.42 Å². The van der Waals surface area contributed by atoms with Crippen LogP contribution in [0.1, 0.15) is 26.7 Å².